The molecule has 0 spiro atoms. The number of nitrogens with zero attached hydrogens (tertiary/aromatic N) is 2. The highest BCUT2D eigenvalue weighted by atomic mass is 16.5. The average molecular weight is 411 g/mol. The van der Waals surface area contributed by atoms with Crippen LogP contribution in [0.2, 0.25) is 0 Å². The Labute approximate surface area is 174 Å². The van der Waals surface area contributed by atoms with Crippen molar-refractivity contribution in [2.75, 3.05) is 39.4 Å². The van der Waals surface area contributed by atoms with E-state index in [4.69, 9.17) is 20.9 Å². The van der Waals surface area contributed by atoms with Gasteiger partial charge < -0.3 is 26.3 Å². The first-order valence-electron chi connectivity index (χ1n) is 9.61. The minimum absolute atomic E-state index is 0.0597. The van der Waals surface area contributed by atoms with E-state index in [1.54, 1.807) is 48.5 Å². The molecular weight excluding hydrogens is 386 g/mol. The fourth-order valence-corrected chi connectivity index (χ4v) is 2.92. The van der Waals surface area contributed by atoms with Gasteiger partial charge in [-0.15, -0.1) is 0 Å². The van der Waals surface area contributed by atoms with E-state index in [-0.39, 0.29) is 11.9 Å². The molecular formula is C21H25N5O4. The van der Waals surface area contributed by atoms with Crippen molar-refractivity contribution in [2.24, 2.45) is 16.5 Å². The van der Waals surface area contributed by atoms with Gasteiger partial charge in [0.25, 0.3) is 5.91 Å². The summed E-state index contributed by atoms with van der Waals surface area (Å²) in [4.78, 5) is 30.7. The van der Waals surface area contributed by atoms with Crippen LogP contribution in [0.1, 0.15) is 20.7 Å². The van der Waals surface area contributed by atoms with E-state index >= 15 is 0 Å². The predicted molar refractivity (Wildman–Crippen MR) is 113 cm³/mol. The topological polar surface area (TPSA) is 132 Å². The molecule has 1 saturated heterocycles. The molecule has 0 saturated carbocycles. The maximum Gasteiger partial charge on any atom is 0.343 e. The molecule has 1 amide bonds. The van der Waals surface area contributed by atoms with Gasteiger partial charge in [0.05, 0.1) is 24.5 Å². The predicted octanol–water partition coefficient (Wildman–Crippen LogP) is 0.873. The Hall–Kier alpha value is -3.43. The summed E-state index contributed by atoms with van der Waals surface area (Å²) in [5, 5.41) is 2.89. The monoisotopic (exact) mass is 411 g/mol. The van der Waals surface area contributed by atoms with E-state index in [9.17, 15) is 9.59 Å². The van der Waals surface area contributed by atoms with Crippen molar-refractivity contribution in [3.05, 3.63) is 59.7 Å². The van der Waals surface area contributed by atoms with Crippen LogP contribution >= 0.6 is 0 Å². The van der Waals surface area contributed by atoms with Crippen molar-refractivity contribution in [3.8, 4) is 5.75 Å². The summed E-state index contributed by atoms with van der Waals surface area (Å²) in [6.45, 7) is 4.57. The normalized spacial score (nSPS) is 14.0. The zero-order chi connectivity index (χ0) is 21.3. The first-order valence-corrected chi connectivity index (χ1v) is 9.61. The van der Waals surface area contributed by atoms with E-state index in [1.807, 2.05) is 0 Å². The quantitative estimate of drug-likeness (QED) is 0.267. The van der Waals surface area contributed by atoms with E-state index in [0.717, 1.165) is 32.8 Å². The molecule has 0 aliphatic carbocycles. The number of rotatable bonds is 7. The van der Waals surface area contributed by atoms with E-state index in [2.05, 4.69) is 15.2 Å². The number of esters is 1. The van der Waals surface area contributed by atoms with Crippen LogP contribution in [0.25, 0.3) is 0 Å². The summed E-state index contributed by atoms with van der Waals surface area (Å²) in [7, 11) is 0. The summed E-state index contributed by atoms with van der Waals surface area (Å²) in [5.41, 5.74) is 12.0. The Balaban J connectivity index is 1.49. The zero-order valence-electron chi connectivity index (χ0n) is 16.5. The van der Waals surface area contributed by atoms with Gasteiger partial charge in [0.15, 0.2) is 5.96 Å². The third-order valence-corrected chi connectivity index (χ3v) is 4.51. The number of guanidine groups is 1. The largest absolute Gasteiger partial charge is 0.423 e. The molecule has 0 atom stereocenters. The Bertz CT molecular complexity index is 887. The second kappa shape index (κ2) is 10.4. The number of aliphatic imine (C=N–C) groups is 1. The van der Waals surface area contributed by atoms with Crippen LogP contribution in [-0.4, -0.2) is 62.1 Å². The highest BCUT2D eigenvalue weighted by Crippen LogP contribution is 2.17. The second-order valence-corrected chi connectivity index (χ2v) is 6.71. The second-order valence-electron chi connectivity index (χ2n) is 6.71. The lowest BCUT2D eigenvalue weighted by Gasteiger charge is -2.26. The summed E-state index contributed by atoms with van der Waals surface area (Å²) in [6.07, 6.45) is 0. The Morgan fingerprint density at radius 2 is 1.63 bits per heavy atom. The molecule has 1 aliphatic rings. The number of carbonyl (C=O) groups excluding carboxylic acids is 2. The number of morpholine rings is 1. The molecule has 0 aromatic heterocycles. The molecule has 1 fully saturated rings. The third kappa shape index (κ3) is 6.29. The fraction of sp³-hybridized carbons (Fsp3) is 0.286. The molecule has 9 heteroatoms. The van der Waals surface area contributed by atoms with E-state index in [1.165, 1.54) is 0 Å². The van der Waals surface area contributed by atoms with Gasteiger partial charge in [0, 0.05) is 31.7 Å². The molecule has 2 aromatic rings. The molecule has 5 N–H and O–H groups in total. The van der Waals surface area contributed by atoms with Crippen molar-refractivity contribution in [1.82, 2.24) is 10.2 Å². The van der Waals surface area contributed by atoms with Gasteiger partial charge in [0.2, 0.25) is 0 Å². The Kier molecular flexibility index (Phi) is 7.36. The van der Waals surface area contributed by atoms with Crippen molar-refractivity contribution in [1.29, 1.82) is 0 Å². The van der Waals surface area contributed by atoms with Crippen LogP contribution < -0.4 is 21.5 Å². The van der Waals surface area contributed by atoms with Gasteiger partial charge in [-0.1, -0.05) is 0 Å². The number of amides is 1. The summed E-state index contributed by atoms with van der Waals surface area (Å²) >= 11 is 0. The fourth-order valence-electron chi connectivity index (χ4n) is 2.92. The van der Waals surface area contributed by atoms with Crippen LogP contribution in [0.15, 0.2) is 53.5 Å². The number of nitrogens with two attached hydrogens (primary N) is 2. The Morgan fingerprint density at radius 1 is 1.00 bits per heavy atom. The van der Waals surface area contributed by atoms with Gasteiger partial charge in [-0.25, -0.2) is 9.79 Å². The van der Waals surface area contributed by atoms with Crippen LogP contribution in [0.3, 0.4) is 0 Å². The standard InChI is InChI=1S/C21H25N5O4/c22-21(23)25-17-5-1-16(2-6-17)20(28)30-18-7-3-15(4-8-18)19(27)24-9-10-26-11-13-29-14-12-26/h1-8H,9-14H2,(H,24,27)(H4,22,23,25). The Morgan fingerprint density at radius 3 is 2.27 bits per heavy atom. The van der Waals surface area contributed by atoms with E-state index in [0.29, 0.717) is 29.1 Å². The minimum atomic E-state index is -0.519. The van der Waals surface area contributed by atoms with Crippen LogP contribution in [0.4, 0.5) is 5.69 Å². The minimum Gasteiger partial charge on any atom is -0.423 e. The number of hydrogen-bond donors (Lipinski definition) is 3. The first kappa shape index (κ1) is 21.3. The van der Waals surface area contributed by atoms with Gasteiger partial charge in [-0.05, 0) is 48.5 Å². The smallest absolute Gasteiger partial charge is 0.343 e. The summed E-state index contributed by atoms with van der Waals surface area (Å²) in [6, 6.07) is 12.8. The van der Waals surface area contributed by atoms with Gasteiger partial charge in [0.1, 0.15) is 5.75 Å². The molecule has 3 rings (SSSR count). The molecule has 158 valence electrons. The van der Waals surface area contributed by atoms with Crippen LogP contribution in [-0.2, 0) is 4.74 Å². The zero-order valence-corrected chi connectivity index (χ0v) is 16.5. The number of carbonyl (C=O) groups is 2. The van der Waals surface area contributed by atoms with Crippen LogP contribution in [0.5, 0.6) is 5.75 Å². The average Bonchev–Trinajstić information content (AvgIpc) is 2.75. The lowest BCUT2D eigenvalue weighted by Crippen LogP contribution is -2.41. The summed E-state index contributed by atoms with van der Waals surface area (Å²) < 4.78 is 10.6. The maximum absolute atomic E-state index is 12.3. The third-order valence-electron chi connectivity index (χ3n) is 4.51. The van der Waals surface area contributed by atoms with E-state index < -0.39 is 5.97 Å². The van der Waals surface area contributed by atoms with Gasteiger partial charge in [-0.3, -0.25) is 9.69 Å². The van der Waals surface area contributed by atoms with Crippen molar-refractivity contribution >= 4 is 23.5 Å². The molecule has 2 aromatic carbocycles. The molecule has 1 aliphatic heterocycles. The van der Waals surface area contributed by atoms with Crippen molar-refractivity contribution in [3.63, 3.8) is 0 Å². The molecule has 0 radical (unpaired) electrons. The van der Waals surface area contributed by atoms with Crippen LogP contribution in [0, 0.1) is 0 Å². The van der Waals surface area contributed by atoms with Gasteiger partial charge in [-0.2, -0.15) is 0 Å². The summed E-state index contributed by atoms with van der Waals surface area (Å²) in [5.74, 6) is -0.404. The van der Waals surface area contributed by atoms with Crippen molar-refractivity contribution < 1.29 is 19.1 Å². The molecule has 9 nitrogen and oxygen atoms in total. The van der Waals surface area contributed by atoms with Gasteiger partial charge >= 0.3 is 5.97 Å². The number of hydrogen-bond acceptors (Lipinski definition) is 6. The molecule has 0 unspecified atom stereocenters. The maximum atomic E-state index is 12.3. The highest BCUT2D eigenvalue weighted by molar-refractivity contribution is 5.95. The SMILES string of the molecule is NC(N)=Nc1ccc(C(=O)Oc2ccc(C(=O)NCCN3CCOCC3)cc2)cc1. The molecule has 30 heavy (non-hydrogen) atoms. The highest BCUT2D eigenvalue weighted by Gasteiger charge is 2.12. The first-order chi connectivity index (χ1) is 14.5. The lowest BCUT2D eigenvalue weighted by molar-refractivity contribution is 0.0383. The number of ether oxygens (including phenoxy) is 2. The van der Waals surface area contributed by atoms with Crippen molar-refractivity contribution in [2.45, 2.75) is 0 Å². The number of nitrogens with one attached hydrogen (secondary N) is 1. The molecule has 0 bridgehead atoms. The number of benzene rings is 2. The lowest BCUT2D eigenvalue weighted by atomic mass is 10.2. The molecule has 1 heterocycles.